The number of piperidine rings is 1. The minimum Gasteiger partial charge on any atom is -0.336 e. The molecule has 0 aliphatic carbocycles. The number of likely N-dealkylation sites (tertiary alicyclic amines) is 1. The van der Waals surface area contributed by atoms with Crippen LogP contribution < -0.4 is 10.0 Å². The number of nitrogens with zero attached hydrogens (tertiary/aromatic N) is 5. The summed E-state index contributed by atoms with van der Waals surface area (Å²) in [6.45, 7) is 9.26. The Morgan fingerprint density at radius 2 is 1.80 bits per heavy atom. The number of carbonyl (C=O) groups is 2. The van der Waals surface area contributed by atoms with E-state index in [1.807, 2.05) is 17.8 Å². The van der Waals surface area contributed by atoms with Gasteiger partial charge in [0.2, 0.25) is 11.9 Å². The molecule has 2 atom stereocenters. The highest BCUT2D eigenvalue weighted by Gasteiger charge is 2.35. The van der Waals surface area contributed by atoms with Gasteiger partial charge in [0.1, 0.15) is 0 Å². The number of fused-ring (bicyclic) bond motifs is 1. The van der Waals surface area contributed by atoms with Crippen LogP contribution in [-0.4, -0.2) is 63.6 Å². The molecule has 1 saturated heterocycles. The zero-order chi connectivity index (χ0) is 28.6. The fraction of sp³-hybridized carbons (Fsp3) is 0.393. The number of pyridine rings is 1. The average Bonchev–Trinajstić information content (AvgIpc) is 3.30. The number of aryl methyl sites for hydroxylation is 2. The molecule has 40 heavy (non-hydrogen) atoms. The highest BCUT2D eigenvalue weighted by Crippen LogP contribution is 2.31. The van der Waals surface area contributed by atoms with E-state index in [0.29, 0.717) is 12.5 Å². The maximum Gasteiger partial charge on any atom is 0.281 e. The van der Waals surface area contributed by atoms with Crippen LogP contribution in [-0.2, 0) is 27.9 Å². The number of sulfonamides is 1. The summed E-state index contributed by atoms with van der Waals surface area (Å²) in [7, 11) is -4.13. The quantitative estimate of drug-likeness (QED) is 0.463. The molecular formula is C28H33N7O4S. The van der Waals surface area contributed by atoms with Gasteiger partial charge in [-0.1, -0.05) is 6.07 Å². The Hall–Kier alpha value is -3.90. The number of rotatable bonds is 6. The lowest BCUT2D eigenvalue weighted by molar-refractivity contribution is -0.117. The van der Waals surface area contributed by atoms with Crippen LogP contribution in [0.25, 0.3) is 0 Å². The van der Waals surface area contributed by atoms with E-state index in [1.54, 1.807) is 4.90 Å². The molecule has 3 aromatic rings. The minimum absolute atomic E-state index is 0.0496. The maximum atomic E-state index is 13.3. The molecule has 2 aliphatic heterocycles. The summed E-state index contributed by atoms with van der Waals surface area (Å²) in [4.78, 5) is 41.9. The lowest BCUT2D eigenvalue weighted by atomic mass is 9.96. The summed E-state index contributed by atoms with van der Waals surface area (Å²) in [5, 5.41) is 2.96. The number of hydrogen-bond donors (Lipinski definition) is 2. The molecule has 2 N–H and O–H groups in total. The summed E-state index contributed by atoms with van der Waals surface area (Å²) >= 11 is 0. The average molecular weight is 564 g/mol. The van der Waals surface area contributed by atoms with Gasteiger partial charge in [-0.05, 0) is 69.0 Å². The Kier molecular flexibility index (Phi) is 7.56. The first-order chi connectivity index (χ1) is 19.0. The summed E-state index contributed by atoms with van der Waals surface area (Å²) in [5.41, 5.74) is 5.66. The summed E-state index contributed by atoms with van der Waals surface area (Å²) < 4.78 is 26.6. The largest absolute Gasteiger partial charge is 0.336 e. The molecule has 2 aromatic heterocycles. The topological polar surface area (TPSA) is 137 Å². The van der Waals surface area contributed by atoms with E-state index in [-0.39, 0.29) is 28.6 Å². The van der Waals surface area contributed by atoms with Crippen molar-refractivity contribution in [3.8, 4) is 0 Å². The smallest absolute Gasteiger partial charge is 0.281 e. The summed E-state index contributed by atoms with van der Waals surface area (Å²) in [6, 6.07) is 9.20. The molecule has 1 aromatic carbocycles. The van der Waals surface area contributed by atoms with Gasteiger partial charge >= 0.3 is 0 Å². The predicted octanol–water partition coefficient (Wildman–Crippen LogP) is 3.07. The Morgan fingerprint density at radius 1 is 1.05 bits per heavy atom. The second-order valence-corrected chi connectivity index (χ2v) is 12.3. The van der Waals surface area contributed by atoms with Crippen LogP contribution in [0.5, 0.6) is 0 Å². The molecule has 5 rings (SSSR count). The third-order valence-electron chi connectivity index (χ3n) is 7.32. The van der Waals surface area contributed by atoms with Crippen molar-refractivity contribution >= 4 is 33.5 Å². The highest BCUT2D eigenvalue weighted by molar-refractivity contribution is 7.90. The van der Waals surface area contributed by atoms with Crippen LogP contribution >= 0.6 is 0 Å². The van der Waals surface area contributed by atoms with Crippen molar-refractivity contribution in [1.82, 2.24) is 29.5 Å². The van der Waals surface area contributed by atoms with Gasteiger partial charge in [0, 0.05) is 67.8 Å². The van der Waals surface area contributed by atoms with Crippen molar-refractivity contribution in [2.24, 2.45) is 0 Å². The first-order valence-electron chi connectivity index (χ1n) is 13.2. The standard InChI is InChI=1S/C28H33N7O4S/c1-17-9-18(2)11-23(10-17)31-28-30-14-22-15-34(16-25(22)32-28)24-6-8-35(19(3)12-24)27(37)21-5-7-29-26(13-21)40(38,39)33-20(4)36/h5,7,9-11,13-14,19,24H,6,8,12,15-16H2,1-4H3,(H,33,36)(H,30,31,32)/t19-,24-/m1/s1. The van der Waals surface area contributed by atoms with E-state index in [2.05, 4.69) is 52.2 Å². The number of hydrogen-bond acceptors (Lipinski definition) is 9. The monoisotopic (exact) mass is 563 g/mol. The molecule has 0 radical (unpaired) electrons. The first kappa shape index (κ1) is 27.7. The van der Waals surface area contributed by atoms with E-state index < -0.39 is 15.9 Å². The van der Waals surface area contributed by atoms with Gasteiger partial charge in [0.05, 0.1) is 5.69 Å². The van der Waals surface area contributed by atoms with E-state index in [4.69, 9.17) is 4.98 Å². The van der Waals surface area contributed by atoms with Crippen LogP contribution in [0, 0.1) is 13.8 Å². The lowest BCUT2D eigenvalue weighted by Crippen LogP contribution is -2.50. The molecule has 4 heterocycles. The molecule has 0 saturated carbocycles. The number of benzene rings is 1. The van der Waals surface area contributed by atoms with Gasteiger partial charge < -0.3 is 10.2 Å². The van der Waals surface area contributed by atoms with Crippen molar-refractivity contribution in [2.45, 2.75) is 70.7 Å². The number of carbonyl (C=O) groups excluding carboxylic acids is 2. The third kappa shape index (κ3) is 5.97. The Morgan fingerprint density at radius 3 is 2.50 bits per heavy atom. The zero-order valence-electron chi connectivity index (χ0n) is 23.0. The lowest BCUT2D eigenvalue weighted by Gasteiger charge is -2.41. The van der Waals surface area contributed by atoms with Crippen molar-refractivity contribution < 1.29 is 18.0 Å². The predicted molar refractivity (Wildman–Crippen MR) is 149 cm³/mol. The number of amides is 2. The van der Waals surface area contributed by atoms with Crippen LogP contribution in [0.3, 0.4) is 0 Å². The third-order valence-corrected chi connectivity index (χ3v) is 8.65. The number of nitrogens with one attached hydrogen (secondary N) is 2. The van der Waals surface area contributed by atoms with Crippen molar-refractivity contribution in [1.29, 1.82) is 0 Å². The molecule has 0 spiro atoms. The van der Waals surface area contributed by atoms with Gasteiger partial charge in [-0.3, -0.25) is 14.5 Å². The van der Waals surface area contributed by atoms with Crippen LogP contribution in [0.15, 0.2) is 47.8 Å². The second kappa shape index (κ2) is 10.9. The first-order valence-corrected chi connectivity index (χ1v) is 14.7. The maximum absolute atomic E-state index is 13.3. The summed E-state index contributed by atoms with van der Waals surface area (Å²) in [6.07, 6.45) is 4.73. The fourth-order valence-corrected chi connectivity index (χ4v) is 6.51. The van der Waals surface area contributed by atoms with E-state index in [9.17, 15) is 18.0 Å². The highest BCUT2D eigenvalue weighted by atomic mass is 32.2. The molecule has 2 aliphatic rings. The second-order valence-electron chi connectivity index (χ2n) is 10.6. The van der Waals surface area contributed by atoms with Gasteiger partial charge in [-0.25, -0.2) is 19.7 Å². The fourth-order valence-electron chi connectivity index (χ4n) is 5.55. The van der Waals surface area contributed by atoms with Gasteiger partial charge in [0.15, 0.2) is 5.03 Å². The molecule has 11 nitrogen and oxygen atoms in total. The molecular weight excluding hydrogens is 530 g/mol. The molecule has 2 amide bonds. The normalized spacial score (nSPS) is 19.2. The van der Waals surface area contributed by atoms with Gasteiger partial charge in [-0.2, -0.15) is 8.42 Å². The van der Waals surface area contributed by atoms with Crippen LogP contribution in [0.4, 0.5) is 11.6 Å². The number of aromatic nitrogens is 3. The van der Waals surface area contributed by atoms with Crippen LogP contribution in [0.2, 0.25) is 0 Å². The zero-order valence-corrected chi connectivity index (χ0v) is 23.8. The van der Waals surface area contributed by atoms with Crippen molar-refractivity contribution in [3.05, 3.63) is 70.7 Å². The van der Waals surface area contributed by atoms with Gasteiger partial charge in [0.25, 0.3) is 15.9 Å². The Balaban J connectivity index is 1.22. The Labute approximate surface area is 234 Å². The molecule has 0 bridgehead atoms. The van der Waals surface area contributed by atoms with E-state index >= 15 is 0 Å². The van der Waals surface area contributed by atoms with Crippen LogP contribution in [0.1, 0.15) is 59.4 Å². The molecule has 1 fully saturated rings. The molecule has 12 heteroatoms. The SMILES string of the molecule is CC(=O)NS(=O)(=O)c1cc(C(=O)N2CC[C@@H](N3Cc4cnc(Nc5cc(C)cc(C)c5)nc4C3)C[C@H]2C)ccn1. The van der Waals surface area contributed by atoms with Gasteiger partial charge in [-0.15, -0.1) is 0 Å². The van der Waals surface area contributed by atoms with Crippen molar-refractivity contribution in [3.63, 3.8) is 0 Å². The van der Waals surface area contributed by atoms with E-state index in [1.165, 1.54) is 29.5 Å². The number of anilines is 2. The minimum atomic E-state index is -4.13. The van der Waals surface area contributed by atoms with E-state index in [0.717, 1.165) is 49.8 Å². The molecule has 0 unspecified atom stereocenters. The summed E-state index contributed by atoms with van der Waals surface area (Å²) in [5.74, 6) is -0.403. The van der Waals surface area contributed by atoms with Crippen molar-refractivity contribution in [2.75, 3.05) is 11.9 Å². The Bertz CT molecular complexity index is 1560. The molecule has 210 valence electrons.